The fourth-order valence-electron chi connectivity index (χ4n) is 2.76. The first-order valence-corrected chi connectivity index (χ1v) is 7.83. The first-order chi connectivity index (χ1) is 9.97. The maximum atomic E-state index is 12.8. The molecule has 0 atom stereocenters. The zero-order chi connectivity index (χ0) is 15.1. The number of aryl methyl sites for hydroxylation is 2. The number of amides is 1. The number of hydrogen-bond acceptors (Lipinski definition) is 2. The van der Waals surface area contributed by atoms with Crippen LogP contribution in [0, 0.1) is 13.8 Å². The zero-order valence-electron chi connectivity index (χ0n) is 12.5. The van der Waals surface area contributed by atoms with Crippen molar-refractivity contribution in [2.75, 3.05) is 6.54 Å². The Morgan fingerprint density at radius 1 is 1.33 bits per heavy atom. The molecule has 5 heteroatoms. The smallest absolute Gasteiger partial charge is 0.254 e. The van der Waals surface area contributed by atoms with E-state index in [0.29, 0.717) is 6.54 Å². The van der Waals surface area contributed by atoms with Crippen molar-refractivity contribution in [3.63, 3.8) is 0 Å². The molecule has 0 fully saturated rings. The van der Waals surface area contributed by atoms with Crippen LogP contribution in [0.15, 0.2) is 22.9 Å². The third-order valence-corrected chi connectivity index (χ3v) is 4.82. The number of hydrogen-bond donors (Lipinski definition) is 0. The summed E-state index contributed by atoms with van der Waals surface area (Å²) in [7, 11) is 1.97. The molecule has 0 saturated heterocycles. The Hall–Kier alpha value is -1.62. The molecule has 0 bridgehead atoms. The molecule has 1 amide bonds. The van der Waals surface area contributed by atoms with Crippen molar-refractivity contribution in [2.45, 2.75) is 26.8 Å². The topological polar surface area (TPSA) is 38.1 Å². The van der Waals surface area contributed by atoms with Crippen LogP contribution < -0.4 is 0 Å². The van der Waals surface area contributed by atoms with Crippen molar-refractivity contribution >= 4 is 21.8 Å². The number of rotatable bonds is 1. The van der Waals surface area contributed by atoms with Crippen molar-refractivity contribution in [2.24, 2.45) is 7.05 Å². The Bertz CT molecular complexity index is 721. The minimum atomic E-state index is 0.110. The van der Waals surface area contributed by atoms with Gasteiger partial charge in [-0.25, -0.2) is 4.98 Å². The van der Waals surface area contributed by atoms with Crippen molar-refractivity contribution in [3.8, 4) is 0 Å². The van der Waals surface area contributed by atoms with Gasteiger partial charge in [-0.05, 0) is 41.4 Å². The van der Waals surface area contributed by atoms with Gasteiger partial charge in [0.15, 0.2) is 4.73 Å². The minimum Gasteiger partial charge on any atom is -0.332 e. The third-order valence-electron chi connectivity index (χ3n) is 4.11. The molecule has 21 heavy (non-hydrogen) atoms. The van der Waals surface area contributed by atoms with E-state index in [4.69, 9.17) is 0 Å². The number of carbonyl (C=O) groups excluding carboxylic acids is 1. The van der Waals surface area contributed by atoms with Crippen molar-refractivity contribution in [3.05, 3.63) is 51.0 Å². The molecule has 4 nitrogen and oxygen atoms in total. The van der Waals surface area contributed by atoms with Crippen LogP contribution in [0.3, 0.4) is 0 Å². The Morgan fingerprint density at radius 3 is 2.86 bits per heavy atom. The predicted molar refractivity (Wildman–Crippen MR) is 85.3 cm³/mol. The highest BCUT2D eigenvalue weighted by atomic mass is 79.9. The number of nitrogens with zero attached hydrogens (tertiary/aromatic N) is 3. The Labute approximate surface area is 132 Å². The van der Waals surface area contributed by atoms with Crippen molar-refractivity contribution in [1.29, 1.82) is 0 Å². The summed E-state index contributed by atoms with van der Waals surface area (Å²) in [5, 5.41) is 0. The summed E-state index contributed by atoms with van der Waals surface area (Å²) >= 11 is 3.45. The van der Waals surface area contributed by atoms with Gasteiger partial charge in [0.1, 0.15) is 0 Å². The standard InChI is InChI=1S/C16H18BrN3O/c1-10-4-5-11(2)12(8-10)15(21)20-7-6-13-14(9-20)19(3)16(17)18-13/h4-5,8H,6-7,9H2,1-3H3. The Kier molecular flexibility index (Phi) is 3.61. The molecular formula is C16H18BrN3O. The van der Waals surface area contributed by atoms with Gasteiger partial charge in [-0.3, -0.25) is 4.79 Å². The lowest BCUT2D eigenvalue weighted by Crippen LogP contribution is -2.37. The van der Waals surface area contributed by atoms with E-state index in [1.54, 1.807) is 0 Å². The number of aromatic nitrogens is 2. The Balaban J connectivity index is 1.90. The van der Waals surface area contributed by atoms with E-state index in [0.717, 1.165) is 45.8 Å². The second kappa shape index (κ2) is 5.30. The van der Waals surface area contributed by atoms with Crippen LogP contribution in [0.4, 0.5) is 0 Å². The average molecular weight is 348 g/mol. The van der Waals surface area contributed by atoms with Crippen molar-refractivity contribution in [1.82, 2.24) is 14.5 Å². The molecule has 3 rings (SSSR count). The summed E-state index contributed by atoms with van der Waals surface area (Å²) in [6.07, 6.45) is 0.811. The number of carbonyl (C=O) groups is 1. The first kappa shape index (κ1) is 14.3. The van der Waals surface area contributed by atoms with Gasteiger partial charge in [0.05, 0.1) is 17.9 Å². The minimum absolute atomic E-state index is 0.110. The zero-order valence-corrected chi connectivity index (χ0v) is 14.1. The van der Waals surface area contributed by atoms with Crippen LogP contribution in [0.25, 0.3) is 0 Å². The molecule has 110 valence electrons. The van der Waals surface area contributed by atoms with E-state index in [2.05, 4.69) is 20.9 Å². The highest BCUT2D eigenvalue weighted by Gasteiger charge is 2.26. The van der Waals surface area contributed by atoms with Gasteiger partial charge < -0.3 is 9.47 Å². The van der Waals surface area contributed by atoms with Crippen LogP contribution in [0.5, 0.6) is 0 Å². The van der Waals surface area contributed by atoms with E-state index >= 15 is 0 Å². The third kappa shape index (κ3) is 2.50. The molecule has 1 aliphatic rings. The first-order valence-electron chi connectivity index (χ1n) is 7.04. The molecule has 0 unspecified atom stereocenters. The van der Waals surface area contributed by atoms with E-state index in [1.165, 1.54) is 0 Å². The van der Waals surface area contributed by atoms with Gasteiger partial charge in [-0.2, -0.15) is 0 Å². The molecule has 2 heterocycles. The monoisotopic (exact) mass is 347 g/mol. The lowest BCUT2D eigenvalue weighted by atomic mass is 10.0. The normalized spacial score (nSPS) is 14.2. The molecule has 0 radical (unpaired) electrons. The molecule has 0 saturated carbocycles. The highest BCUT2D eigenvalue weighted by molar-refractivity contribution is 9.10. The Morgan fingerprint density at radius 2 is 2.10 bits per heavy atom. The van der Waals surface area contributed by atoms with Gasteiger partial charge in [0, 0.05) is 25.6 Å². The fourth-order valence-corrected chi connectivity index (χ4v) is 3.19. The largest absolute Gasteiger partial charge is 0.332 e. The number of imidazole rings is 1. The summed E-state index contributed by atoms with van der Waals surface area (Å²) in [4.78, 5) is 19.2. The maximum absolute atomic E-state index is 12.8. The molecule has 0 N–H and O–H groups in total. The van der Waals surface area contributed by atoms with E-state index in [9.17, 15) is 4.79 Å². The van der Waals surface area contributed by atoms with Gasteiger partial charge in [0.2, 0.25) is 0 Å². The van der Waals surface area contributed by atoms with E-state index in [-0.39, 0.29) is 5.91 Å². The second-order valence-corrected chi connectivity index (χ2v) is 6.34. The quantitative estimate of drug-likeness (QED) is 0.795. The van der Waals surface area contributed by atoms with E-state index in [1.807, 2.05) is 48.6 Å². The average Bonchev–Trinajstić information content (AvgIpc) is 2.76. The van der Waals surface area contributed by atoms with Crippen LogP contribution >= 0.6 is 15.9 Å². The summed E-state index contributed by atoms with van der Waals surface area (Å²) in [6, 6.07) is 6.03. The summed E-state index contributed by atoms with van der Waals surface area (Å²) in [5.41, 5.74) is 5.16. The summed E-state index contributed by atoms with van der Waals surface area (Å²) in [6.45, 7) is 5.35. The van der Waals surface area contributed by atoms with Gasteiger partial charge in [-0.15, -0.1) is 0 Å². The number of halogens is 1. The van der Waals surface area contributed by atoms with Crippen LogP contribution in [-0.2, 0) is 20.0 Å². The van der Waals surface area contributed by atoms with Gasteiger partial charge in [0.25, 0.3) is 5.91 Å². The summed E-state index contributed by atoms with van der Waals surface area (Å²) in [5.74, 6) is 0.110. The predicted octanol–water partition coefficient (Wildman–Crippen LogP) is 3.00. The fraction of sp³-hybridized carbons (Fsp3) is 0.375. The lowest BCUT2D eigenvalue weighted by molar-refractivity contribution is 0.0729. The molecule has 1 aliphatic heterocycles. The van der Waals surface area contributed by atoms with E-state index < -0.39 is 0 Å². The molecular weight excluding hydrogens is 330 g/mol. The lowest BCUT2D eigenvalue weighted by Gasteiger charge is -2.27. The van der Waals surface area contributed by atoms with Crippen LogP contribution in [0.1, 0.15) is 32.9 Å². The van der Waals surface area contributed by atoms with Crippen LogP contribution in [-0.4, -0.2) is 26.9 Å². The highest BCUT2D eigenvalue weighted by Crippen LogP contribution is 2.24. The SMILES string of the molecule is Cc1ccc(C)c(C(=O)N2CCc3nc(Br)n(C)c3C2)c1. The number of fused-ring (bicyclic) bond motifs is 1. The molecule has 2 aromatic rings. The molecule has 0 spiro atoms. The molecule has 0 aliphatic carbocycles. The van der Waals surface area contributed by atoms with Gasteiger partial charge in [-0.1, -0.05) is 17.7 Å². The number of benzene rings is 1. The maximum Gasteiger partial charge on any atom is 0.254 e. The molecule has 1 aromatic heterocycles. The van der Waals surface area contributed by atoms with Crippen LogP contribution in [0.2, 0.25) is 0 Å². The van der Waals surface area contributed by atoms with Gasteiger partial charge >= 0.3 is 0 Å². The summed E-state index contributed by atoms with van der Waals surface area (Å²) < 4.78 is 2.84. The second-order valence-electron chi connectivity index (χ2n) is 5.63. The van der Waals surface area contributed by atoms with Crippen molar-refractivity contribution < 1.29 is 4.79 Å². The molecule has 1 aromatic carbocycles.